The molecule has 0 aliphatic carbocycles. The molecule has 62 valence electrons. The Balaban J connectivity index is 2.14. The van der Waals surface area contributed by atoms with Gasteiger partial charge in [0.25, 0.3) is 6.43 Å². The molecule has 0 bridgehead atoms. The first-order valence-corrected chi connectivity index (χ1v) is 4.04. The lowest BCUT2D eigenvalue weighted by molar-refractivity contribution is 0.145. The van der Waals surface area contributed by atoms with Crippen LogP contribution in [0.25, 0.3) is 0 Å². The van der Waals surface area contributed by atoms with Gasteiger partial charge >= 0.3 is 0 Å². The highest BCUT2D eigenvalue weighted by molar-refractivity contribution is 7.09. The molecule has 0 unspecified atom stereocenters. The van der Waals surface area contributed by atoms with E-state index in [1.807, 2.05) is 5.38 Å². The molecule has 1 rings (SSSR count). The third-order valence-electron chi connectivity index (χ3n) is 1.06. The quantitative estimate of drug-likeness (QED) is 0.755. The van der Waals surface area contributed by atoms with Gasteiger partial charge in [-0.25, -0.2) is 13.8 Å². The minimum Gasteiger partial charge on any atom is -0.305 e. The highest BCUT2D eigenvalue weighted by Crippen LogP contribution is 2.02. The lowest BCUT2D eigenvalue weighted by Gasteiger charge is -1.99. The van der Waals surface area contributed by atoms with Crippen molar-refractivity contribution in [1.29, 1.82) is 0 Å². The fraction of sp³-hybridized carbons (Fsp3) is 0.500. The third-order valence-corrected chi connectivity index (χ3v) is 1.84. The predicted molar refractivity (Wildman–Crippen MR) is 39.8 cm³/mol. The molecule has 2 nitrogen and oxygen atoms in total. The van der Waals surface area contributed by atoms with Gasteiger partial charge in [0.05, 0.1) is 6.54 Å². The molecule has 0 aromatic carbocycles. The van der Waals surface area contributed by atoms with E-state index in [0.717, 1.165) is 5.01 Å². The van der Waals surface area contributed by atoms with Gasteiger partial charge < -0.3 is 5.32 Å². The maximum absolute atomic E-state index is 11.6. The van der Waals surface area contributed by atoms with Crippen LogP contribution >= 0.6 is 11.3 Å². The van der Waals surface area contributed by atoms with Crippen molar-refractivity contribution in [1.82, 2.24) is 10.3 Å². The van der Waals surface area contributed by atoms with Crippen molar-refractivity contribution in [3.63, 3.8) is 0 Å². The predicted octanol–water partition coefficient (Wildman–Crippen LogP) is 1.50. The van der Waals surface area contributed by atoms with Crippen LogP contribution in [0, 0.1) is 0 Å². The van der Waals surface area contributed by atoms with Gasteiger partial charge in [-0.15, -0.1) is 11.3 Å². The number of alkyl halides is 2. The van der Waals surface area contributed by atoms with Crippen LogP contribution in [-0.2, 0) is 6.54 Å². The summed E-state index contributed by atoms with van der Waals surface area (Å²) in [4.78, 5) is 3.92. The van der Waals surface area contributed by atoms with Gasteiger partial charge in [0.15, 0.2) is 0 Å². The molecule has 0 radical (unpaired) electrons. The summed E-state index contributed by atoms with van der Waals surface area (Å²) in [5.74, 6) is 0. The molecule has 1 N–H and O–H groups in total. The van der Waals surface area contributed by atoms with Gasteiger partial charge in [-0.3, -0.25) is 0 Å². The van der Waals surface area contributed by atoms with Crippen LogP contribution in [0.5, 0.6) is 0 Å². The molecular formula is C6H8F2N2S. The summed E-state index contributed by atoms with van der Waals surface area (Å²) >= 11 is 1.46. The van der Waals surface area contributed by atoms with E-state index in [1.54, 1.807) is 6.20 Å². The minimum absolute atomic E-state index is 0.264. The number of rotatable bonds is 4. The average molecular weight is 178 g/mol. The lowest BCUT2D eigenvalue weighted by Crippen LogP contribution is -2.20. The van der Waals surface area contributed by atoms with Crippen molar-refractivity contribution >= 4 is 11.3 Å². The van der Waals surface area contributed by atoms with Crippen molar-refractivity contribution < 1.29 is 8.78 Å². The number of hydrogen-bond acceptors (Lipinski definition) is 3. The third kappa shape index (κ3) is 3.38. The van der Waals surface area contributed by atoms with Gasteiger partial charge in [-0.05, 0) is 0 Å². The summed E-state index contributed by atoms with van der Waals surface area (Å²) in [6, 6.07) is 0. The molecule has 0 aliphatic rings. The Labute approximate surface area is 67.3 Å². The maximum atomic E-state index is 11.6. The smallest absolute Gasteiger partial charge is 0.250 e. The number of aromatic nitrogens is 1. The van der Waals surface area contributed by atoms with Crippen molar-refractivity contribution in [2.24, 2.45) is 0 Å². The standard InChI is InChI=1S/C6H8F2N2S/c7-5(8)3-9-4-6-10-1-2-11-6/h1-2,5,9H,3-4H2. The fourth-order valence-corrected chi connectivity index (χ4v) is 1.21. The van der Waals surface area contributed by atoms with Crippen LogP contribution in [0.4, 0.5) is 8.78 Å². The van der Waals surface area contributed by atoms with Crippen LogP contribution < -0.4 is 5.32 Å². The second-order valence-electron chi connectivity index (χ2n) is 1.95. The summed E-state index contributed by atoms with van der Waals surface area (Å²) in [7, 11) is 0. The Kier molecular flexibility index (Phi) is 3.38. The van der Waals surface area contributed by atoms with E-state index in [0.29, 0.717) is 6.54 Å². The largest absolute Gasteiger partial charge is 0.305 e. The molecule has 0 spiro atoms. The van der Waals surface area contributed by atoms with Crippen molar-refractivity contribution in [2.75, 3.05) is 6.54 Å². The van der Waals surface area contributed by atoms with Crippen molar-refractivity contribution in [3.05, 3.63) is 16.6 Å². The zero-order chi connectivity index (χ0) is 8.10. The van der Waals surface area contributed by atoms with Gasteiger partial charge in [-0.2, -0.15) is 0 Å². The molecule has 1 aromatic rings. The first-order valence-electron chi connectivity index (χ1n) is 3.16. The van der Waals surface area contributed by atoms with Gasteiger partial charge in [0.1, 0.15) is 5.01 Å². The highest BCUT2D eigenvalue weighted by Gasteiger charge is 2.01. The van der Waals surface area contributed by atoms with Crippen LogP contribution in [0.15, 0.2) is 11.6 Å². The minimum atomic E-state index is -2.28. The van der Waals surface area contributed by atoms with E-state index in [9.17, 15) is 8.78 Å². The molecule has 1 aromatic heterocycles. The lowest BCUT2D eigenvalue weighted by atomic mass is 10.6. The van der Waals surface area contributed by atoms with Gasteiger partial charge in [-0.1, -0.05) is 0 Å². The van der Waals surface area contributed by atoms with Gasteiger partial charge in [0.2, 0.25) is 0 Å². The molecule has 11 heavy (non-hydrogen) atoms. The molecule has 0 saturated carbocycles. The number of hydrogen-bond donors (Lipinski definition) is 1. The summed E-state index contributed by atoms with van der Waals surface area (Å²) in [5.41, 5.74) is 0. The van der Waals surface area contributed by atoms with E-state index in [2.05, 4.69) is 10.3 Å². The zero-order valence-corrected chi connectivity index (χ0v) is 6.57. The van der Waals surface area contributed by atoms with E-state index < -0.39 is 6.43 Å². The van der Waals surface area contributed by atoms with E-state index >= 15 is 0 Å². The first-order chi connectivity index (χ1) is 5.29. The molecule has 0 aliphatic heterocycles. The maximum Gasteiger partial charge on any atom is 0.250 e. The summed E-state index contributed by atoms with van der Waals surface area (Å²) in [5, 5.41) is 5.24. The van der Waals surface area contributed by atoms with Gasteiger partial charge in [0, 0.05) is 18.1 Å². The molecule has 1 heterocycles. The van der Waals surface area contributed by atoms with Crippen LogP contribution in [-0.4, -0.2) is 18.0 Å². The number of nitrogens with zero attached hydrogens (tertiary/aromatic N) is 1. The van der Waals surface area contributed by atoms with Crippen molar-refractivity contribution in [3.8, 4) is 0 Å². The fourth-order valence-electron chi connectivity index (χ4n) is 0.628. The normalized spacial score (nSPS) is 10.8. The Morgan fingerprint density at radius 3 is 3.00 bits per heavy atom. The molecule has 0 amide bonds. The molecule has 0 fully saturated rings. The Morgan fingerprint density at radius 2 is 2.45 bits per heavy atom. The van der Waals surface area contributed by atoms with Crippen LogP contribution in [0.2, 0.25) is 0 Å². The number of thiazole rings is 1. The van der Waals surface area contributed by atoms with Crippen molar-refractivity contribution in [2.45, 2.75) is 13.0 Å². The number of halogens is 2. The first kappa shape index (κ1) is 8.55. The summed E-state index contributed by atoms with van der Waals surface area (Å²) in [6.07, 6.45) is -0.626. The number of nitrogens with one attached hydrogen (secondary N) is 1. The zero-order valence-electron chi connectivity index (χ0n) is 5.76. The Hall–Kier alpha value is -0.550. The highest BCUT2D eigenvalue weighted by atomic mass is 32.1. The Bertz CT molecular complexity index is 188. The Morgan fingerprint density at radius 1 is 1.64 bits per heavy atom. The van der Waals surface area contributed by atoms with Crippen LogP contribution in [0.3, 0.4) is 0 Å². The second kappa shape index (κ2) is 4.35. The van der Waals surface area contributed by atoms with E-state index in [1.165, 1.54) is 11.3 Å². The van der Waals surface area contributed by atoms with Crippen LogP contribution in [0.1, 0.15) is 5.01 Å². The molecule has 0 atom stereocenters. The topological polar surface area (TPSA) is 24.9 Å². The van der Waals surface area contributed by atoms with E-state index in [-0.39, 0.29) is 6.54 Å². The summed E-state index contributed by atoms with van der Waals surface area (Å²) in [6.45, 7) is 0.168. The molecule has 0 saturated heterocycles. The SMILES string of the molecule is FC(F)CNCc1nccs1. The van der Waals surface area contributed by atoms with E-state index in [4.69, 9.17) is 0 Å². The monoisotopic (exact) mass is 178 g/mol. The average Bonchev–Trinajstić information content (AvgIpc) is 2.39. The second-order valence-corrected chi connectivity index (χ2v) is 2.93. The molecular weight excluding hydrogens is 170 g/mol. The molecule has 5 heteroatoms. The summed E-state index contributed by atoms with van der Waals surface area (Å²) < 4.78 is 23.2.